The molecular weight excluding hydrogens is 640 g/mol. The number of likely N-dealkylation sites (N-methyl/N-ethyl adjacent to an activating group) is 1. The highest BCUT2D eigenvalue weighted by Crippen LogP contribution is 2.32. The molecular formula is C37H40F4N4O2S. The van der Waals surface area contributed by atoms with E-state index in [-0.39, 0.29) is 18.7 Å². The van der Waals surface area contributed by atoms with Crippen LogP contribution >= 0.6 is 11.8 Å². The Morgan fingerprint density at radius 3 is 2.19 bits per heavy atom. The zero-order valence-corrected chi connectivity index (χ0v) is 26.8. The van der Waals surface area contributed by atoms with E-state index in [1.165, 1.54) is 0 Å². The highest BCUT2D eigenvalue weighted by atomic mass is 32.2. The van der Waals surface area contributed by atoms with Crippen molar-refractivity contribution in [2.75, 3.05) is 26.2 Å². The second-order valence-corrected chi connectivity index (χ2v) is 11.4. The number of fused-ring (bicyclic) bond motifs is 1. The minimum Gasteiger partial charge on any atom is -0.336 e. The number of thioether (sulfide) groups is 1. The number of carbonyl (C=O) groups excluding carboxylic acids is 1. The molecule has 48 heavy (non-hydrogen) atoms. The lowest BCUT2D eigenvalue weighted by Gasteiger charge is -2.28. The molecule has 0 spiro atoms. The van der Waals surface area contributed by atoms with E-state index in [0.29, 0.717) is 24.9 Å². The Morgan fingerprint density at radius 2 is 1.58 bits per heavy atom. The maximum absolute atomic E-state index is 14.7. The van der Waals surface area contributed by atoms with Crippen molar-refractivity contribution in [2.45, 2.75) is 63.7 Å². The highest BCUT2D eigenvalue weighted by Gasteiger charge is 2.30. The zero-order chi connectivity index (χ0) is 49.4. The summed E-state index contributed by atoms with van der Waals surface area (Å²) >= 11 is 0.495. The van der Waals surface area contributed by atoms with Crippen LogP contribution in [0.1, 0.15) is 72.0 Å². The molecule has 1 aliphatic carbocycles. The van der Waals surface area contributed by atoms with Crippen molar-refractivity contribution < 1.29 is 45.7 Å². The SMILES string of the molecule is [2H]c1c([2H])c(CSc2nc(=O)c3c(n2CC(=O)N(CCN(CC)CC)Cc2c([2H])c([2H])c(-c4c([2H])c([2H])c(C(F)(F)F)c([2H])c4[2H])c([2H])c2[2H])C([2H])([2H])C([2H])(C)C3([2H])[2H])c([2H])c([2H])c1F. The molecule has 1 unspecified atom stereocenters. The van der Waals surface area contributed by atoms with Gasteiger partial charge in [0.2, 0.25) is 5.91 Å². The van der Waals surface area contributed by atoms with Gasteiger partial charge in [-0.15, -0.1) is 0 Å². The van der Waals surface area contributed by atoms with Crippen molar-refractivity contribution >= 4 is 17.7 Å². The number of aromatic nitrogens is 2. The molecule has 0 saturated heterocycles. The molecule has 11 heteroatoms. The number of alkyl halides is 3. The van der Waals surface area contributed by atoms with E-state index >= 15 is 0 Å². The van der Waals surface area contributed by atoms with Crippen molar-refractivity contribution in [1.29, 1.82) is 0 Å². The first-order chi connectivity index (χ1) is 29.8. The van der Waals surface area contributed by atoms with E-state index in [4.69, 9.17) is 23.3 Å². The Morgan fingerprint density at radius 1 is 0.979 bits per heavy atom. The van der Waals surface area contributed by atoms with Gasteiger partial charge in [0, 0.05) is 43.5 Å². The fourth-order valence-corrected chi connectivity index (χ4v) is 5.48. The minimum absolute atomic E-state index is 0.109. The molecule has 0 N–H and O–H groups in total. The van der Waals surface area contributed by atoms with Crippen LogP contribution in [-0.4, -0.2) is 51.4 Å². The molecule has 1 atom stereocenters. The molecule has 0 radical (unpaired) electrons. The summed E-state index contributed by atoms with van der Waals surface area (Å²) in [6.07, 6.45) is -11.4. The van der Waals surface area contributed by atoms with Gasteiger partial charge in [-0.25, -0.2) is 4.39 Å². The highest BCUT2D eigenvalue weighted by molar-refractivity contribution is 7.98. The standard InChI is InChI=1S/C37H40F4N4O2S/c1-4-43(5-2)18-19-44(22-26-6-10-28(11-7-26)29-12-14-30(15-13-29)37(39,40)41)34(46)23-45-33-21-25(3)20-32(33)35(47)42-36(45)48-24-27-8-16-31(38)17-9-27/h6-17,25H,4-5,18-24H2,1-3H3/i6D,7D,8D,9D,10D,11D,12D,13D,14D,15D,16D,17D,20D2,21D2,25D. The van der Waals surface area contributed by atoms with E-state index in [9.17, 15) is 27.2 Å². The van der Waals surface area contributed by atoms with Gasteiger partial charge in [-0.05, 0) is 78.2 Å². The predicted molar refractivity (Wildman–Crippen MR) is 181 cm³/mol. The average molecular weight is 698 g/mol. The molecule has 3 aromatic carbocycles. The van der Waals surface area contributed by atoms with Gasteiger partial charge in [0.15, 0.2) is 5.16 Å². The number of hydrogen-bond acceptors (Lipinski definition) is 5. The Labute approximate surface area is 306 Å². The molecule has 0 bridgehead atoms. The van der Waals surface area contributed by atoms with Crippen LogP contribution in [0, 0.1) is 11.7 Å². The van der Waals surface area contributed by atoms with E-state index in [1.807, 2.05) is 4.90 Å². The summed E-state index contributed by atoms with van der Waals surface area (Å²) in [4.78, 5) is 35.1. The quantitative estimate of drug-likeness (QED) is 0.0825. The fraction of sp³-hybridized carbons (Fsp3) is 0.378. The van der Waals surface area contributed by atoms with Crippen LogP contribution in [0.25, 0.3) is 11.1 Å². The van der Waals surface area contributed by atoms with Crippen molar-refractivity contribution in [3.05, 3.63) is 117 Å². The van der Waals surface area contributed by atoms with Gasteiger partial charge in [0.25, 0.3) is 5.56 Å². The van der Waals surface area contributed by atoms with Crippen molar-refractivity contribution in [3.8, 4) is 11.1 Å². The van der Waals surface area contributed by atoms with Gasteiger partial charge in [-0.1, -0.05) is 80.9 Å². The van der Waals surface area contributed by atoms with Crippen LogP contribution < -0.4 is 5.56 Å². The molecule has 0 aliphatic heterocycles. The van der Waals surface area contributed by atoms with Gasteiger partial charge in [-0.3, -0.25) is 9.59 Å². The van der Waals surface area contributed by atoms with E-state index < -0.39 is 172 Å². The van der Waals surface area contributed by atoms with Crippen LogP contribution in [0.4, 0.5) is 17.6 Å². The number of amides is 1. The zero-order valence-electron chi connectivity index (χ0n) is 43.0. The van der Waals surface area contributed by atoms with Gasteiger partial charge in [0.1, 0.15) is 12.4 Å². The van der Waals surface area contributed by atoms with Crippen molar-refractivity contribution in [2.24, 2.45) is 5.89 Å². The Kier molecular flexibility index (Phi) is 6.23. The first-order valence-electron chi connectivity index (χ1n) is 23.1. The average Bonchev–Trinajstić information content (AvgIpc) is 3.33. The van der Waals surface area contributed by atoms with Gasteiger partial charge >= 0.3 is 6.18 Å². The number of hydrogen-bond donors (Lipinski definition) is 0. The van der Waals surface area contributed by atoms with Crippen LogP contribution in [-0.2, 0) is 42.6 Å². The molecule has 6 nitrogen and oxygen atoms in total. The van der Waals surface area contributed by atoms with Crippen LogP contribution in [0.3, 0.4) is 0 Å². The largest absolute Gasteiger partial charge is 0.416 e. The maximum atomic E-state index is 14.7. The first-order valence-corrected chi connectivity index (χ1v) is 15.6. The normalized spacial score (nSPS) is 23.0. The third-order valence-electron chi connectivity index (χ3n) is 7.17. The van der Waals surface area contributed by atoms with Gasteiger partial charge in [0.05, 0.1) is 22.0 Å². The number of halogens is 4. The molecule has 1 amide bonds. The fourth-order valence-electron chi connectivity index (χ4n) is 4.60. The summed E-state index contributed by atoms with van der Waals surface area (Å²) in [5.41, 5.74) is -7.57. The summed E-state index contributed by atoms with van der Waals surface area (Å²) in [6.45, 7) is 3.52. The summed E-state index contributed by atoms with van der Waals surface area (Å²) in [5.74, 6) is -5.73. The molecule has 4 aromatic rings. The number of carbonyl (C=O) groups is 1. The third-order valence-corrected chi connectivity index (χ3v) is 8.17. The lowest BCUT2D eigenvalue weighted by molar-refractivity contribution is -0.137. The van der Waals surface area contributed by atoms with E-state index in [0.717, 1.165) is 16.4 Å². The Balaban J connectivity index is 1.69. The topological polar surface area (TPSA) is 58.4 Å². The van der Waals surface area contributed by atoms with Gasteiger partial charge < -0.3 is 14.4 Å². The Bertz CT molecular complexity index is 2590. The molecule has 1 heterocycles. The minimum atomic E-state index is -5.32. The molecule has 0 saturated carbocycles. The maximum Gasteiger partial charge on any atom is 0.416 e. The third kappa shape index (κ3) is 8.73. The molecule has 0 fully saturated rings. The van der Waals surface area contributed by atoms with E-state index in [2.05, 4.69) is 4.98 Å². The molecule has 1 aromatic heterocycles. The molecule has 1 aliphatic rings. The van der Waals surface area contributed by atoms with Crippen molar-refractivity contribution in [3.63, 3.8) is 0 Å². The second-order valence-electron chi connectivity index (χ2n) is 10.4. The lowest BCUT2D eigenvalue weighted by atomic mass is 10.0. The number of nitrogens with zero attached hydrogens (tertiary/aromatic N) is 4. The van der Waals surface area contributed by atoms with Gasteiger partial charge in [-0.2, -0.15) is 18.2 Å². The Hall–Kier alpha value is -3.96. The molecule has 254 valence electrons. The first kappa shape index (κ1) is 19.3. The summed E-state index contributed by atoms with van der Waals surface area (Å²) < 4.78 is 201. The number of rotatable bonds is 13. The van der Waals surface area contributed by atoms with Crippen LogP contribution in [0.2, 0.25) is 0 Å². The predicted octanol–water partition coefficient (Wildman–Crippen LogP) is 7.47. The summed E-state index contributed by atoms with van der Waals surface area (Å²) in [5, 5.41) is -0.519. The van der Waals surface area contributed by atoms with Crippen molar-refractivity contribution in [1.82, 2.24) is 19.4 Å². The van der Waals surface area contributed by atoms with E-state index in [1.54, 1.807) is 13.8 Å². The monoisotopic (exact) mass is 697 g/mol. The van der Waals surface area contributed by atoms with Crippen LogP contribution in [0.15, 0.2) is 82.5 Å². The van der Waals surface area contributed by atoms with Crippen LogP contribution in [0.5, 0.6) is 0 Å². The summed E-state index contributed by atoms with van der Waals surface area (Å²) in [7, 11) is 0. The second kappa shape index (κ2) is 15.5. The molecule has 5 rings (SSSR count). The number of benzene rings is 3. The summed E-state index contributed by atoms with van der Waals surface area (Å²) in [6, 6.07) is -13.0. The lowest BCUT2D eigenvalue weighted by Crippen LogP contribution is -2.40. The smallest absolute Gasteiger partial charge is 0.336 e.